The summed E-state index contributed by atoms with van der Waals surface area (Å²) in [6.45, 7) is 6.68. The largest absolute Gasteiger partial charge is 0.491 e. The summed E-state index contributed by atoms with van der Waals surface area (Å²) in [7, 11) is 0. The monoisotopic (exact) mass is 476 g/mol. The Morgan fingerprint density at radius 1 is 1.17 bits per heavy atom. The Morgan fingerprint density at radius 2 is 1.97 bits per heavy atom. The van der Waals surface area contributed by atoms with Crippen LogP contribution in [-0.4, -0.2) is 32.3 Å². The number of carbonyl (C=O) groups excluding carboxylic acids is 1. The van der Waals surface area contributed by atoms with E-state index in [0.29, 0.717) is 25.0 Å². The fraction of sp³-hybridized carbons (Fsp3) is 0.500. The number of nitrogens with one attached hydrogen (secondary N) is 2. The van der Waals surface area contributed by atoms with Gasteiger partial charge in [-0.3, -0.25) is 4.79 Å². The van der Waals surface area contributed by atoms with Crippen LogP contribution in [0.25, 0.3) is 0 Å². The Labute approximate surface area is 210 Å². The summed E-state index contributed by atoms with van der Waals surface area (Å²) in [5, 5.41) is 6.71. The van der Waals surface area contributed by atoms with Crippen molar-refractivity contribution in [1.82, 2.24) is 5.32 Å². The van der Waals surface area contributed by atoms with Crippen molar-refractivity contribution in [3.63, 3.8) is 0 Å². The van der Waals surface area contributed by atoms with Gasteiger partial charge in [0.25, 0.3) is 0 Å². The first-order valence-electron chi connectivity index (χ1n) is 13.3. The Balaban J connectivity index is 1.42. The maximum atomic E-state index is 10.9. The minimum atomic E-state index is 0.233. The number of anilines is 1. The molecule has 1 saturated carbocycles. The molecule has 188 valence electrons. The molecule has 0 spiro atoms. The lowest BCUT2D eigenvalue weighted by atomic mass is 9.91. The number of benzene rings is 2. The third kappa shape index (κ3) is 7.35. The van der Waals surface area contributed by atoms with Crippen LogP contribution < -0.4 is 15.4 Å². The second kappa shape index (κ2) is 12.8. The van der Waals surface area contributed by atoms with Gasteiger partial charge in [0.1, 0.15) is 12.4 Å². The summed E-state index contributed by atoms with van der Waals surface area (Å²) in [5.74, 6) is 1.90. The van der Waals surface area contributed by atoms with E-state index in [9.17, 15) is 4.79 Å². The normalized spacial score (nSPS) is 21.3. The number of hydrogen-bond donors (Lipinski definition) is 2. The summed E-state index contributed by atoms with van der Waals surface area (Å²) < 4.78 is 11.6. The van der Waals surface area contributed by atoms with E-state index in [2.05, 4.69) is 73.0 Å². The van der Waals surface area contributed by atoms with Crippen LogP contribution in [0.4, 0.5) is 5.69 Å². The number of ether oxygens (including phenoxy) is 2. The Kier molecular flexibility index (Phi) is 9.24. The molecule has 1 aliphatic carbocycles. The van der Waals surface area contributed by atoms with E-state index in [0.717, 1.165) is 63.7 Å². The molecule has 5 heteroatoms. The first kappa shape index (κ1) is 25.3. The van der Waals surface area contributed by atoms with Crippen molar-refractivity contribution < 1.29 is 14.3 Å². The van der Waals surface area contributed by atoms with Crippen molar-refractivity contribution in [2.24, 2.45) is 11.8 Å². The highest BCUT2D eigenvalue weighted by Gasteiger charge is 2.32. The summed E-state index contributed by atoms with van der Waals surface area (Å²) in [6.07, 6.45) is 8.36. The highest BCUT2D eigenvalue weighted by atomic mass is 16.5. The lowest BCUT2D eigenvalue weighted by Gasteiger charge is -2.24. The van der Waals surface area contributed by atoms with Gasteiger partial charge in [-0.2, -0.15) is 0 Å². The summed E-state index contributed by atoms with van der Waals surface area (Å²) in [5.41, 5.74) is 6.75. The van der Waals surface area contributed by atoms with Gasteiger partial charge >= 0.3 is 0 Å². The molecule has 2 aliphatic rings. The van der Waals surface area contributed by atoms with Gasteiger partial charge in [0.05, 0.1) is 6.10 Å². The number of rotatable bonds is 14. The SMILES string of the molecule is CCc1ccccc1N/C(=C1/C[C@@H]1C)C(CCNC=O)CCc1ccc(OCC2CCCO2)cc1. The van der Waals surface area contributed by atoms with Gasteiger partial charge in [-0.05, 0) is 85.8 Å². The molecule has 5 nitrogen and oxygen atoms in total. The van der Waals surface area contributed by atoms with Gasteiger partial charge in [0.15, 0.2) is 0 Å². The molecular weight excluding hydrogens is 436 g/mol. The average Bonchev–Trinajstić information content (AvgIpc) is 3.37. The van der Waals surface area contributed by atoms with E-state index in [-0.39, 0.29) is 6.10 Å². The summed E-state index contributed by atoms with van der Waals surface area (Å²) in [6, 6.07) is 17.1. The van der Waals surface area contributed by atoms with Crippen LogP contribution in [0.1, 0.15) is 57.1 Å². The number of para-hydroxylation sites is 1. The minimum Gasteiger partial charge on any atom is -0.491 e. The second-order valence-corrected chi connectivity index (χ2v) is 9.87. The smallest absolute Gasteiger partial charge is 0.207 e. The maximum Gasteiger partial charge on any atom is 0.207 e. The predicted molar refractivity (Wildman–Crippen MR) is 142 cm³/mol. The Hall–Kier alpha value is -2.79. The number of hydrogen-bond acceptors (Lipinski definition) is 4. The van der Waals surface area contributed by atoms with Crippen molar-refractivity contribution in [2.45, 2.75) is 64.9 Å². The summed E-state index contributed by atoms with van der Waals surface area (Å²) >= 11 is 0. The third-order valence-electron chi connectivity index (χ3n) is 7.27. The van der Waals surface area contributed by atoms with E-state index in [1.165, 1.54) is 28.1 Å². The third-order valence-corrected chi connectivity index (χ3v) is 7.27. The molecule has 2 aromatic rings. The molecule has 3 atom stereocenters. The molecule has 1 aliphatic heterocycles. The van der Waals surface area contributed by atoms with Crippen LogP contribution in [0.2, 0.25) is 0 Å². The quantitative estimate of drug-likeness (QED) is 0.263. The highest BCUT2D eigenvalue weighted by Crippen LogP contribution is 2.43. The average molecular weight is 477 g/mol. The van der Waals surface area contributed by atoms with Crippen LogP contribution in [0.15, 0.2) is 59.8 Å². The molecule has 1 heterocycles. The predicted octanol–water partition coefficient (Wildman–Crippen LogP) is 5.90. The fourth-order valence-corrected chi connectivity index (χ4v) is 4.99. The molecule has 4 rings (SSSR count). The molecule has 35 heavy (non-hydrogen) atoms. The van der Waals surface area contributed by atoms with Gasteiger partial charge < -0.3 is 20.1 Å². The molecular formula is C30H40N2O3. The highest BCUT2D eigenvalue weighted by molar-refractivity contribution is 5.57. The van der Waals surface area contributed by atoms with E-state index < -0.39 is 0 Å². The first-order chi connectivity index (χ1) is 17.2. The van der Waals surface area contributed by atoms with Crippen molar-refractivity contribution in [3.8, 4) is 5.75 Å². The van der Waals surface area contributed by atoms with Gasteiger partial charge in [-0.15, -0.1) is 0 Å². The van der Waals surface area contributed by atoms with Gasteiger partial charge in [0.2, 0.25) is 6.41 Å². The Bertz CT molecular complexity index is 979. The molecule has 0 radical (unpaired) electrons. The van der Waals surface area contributed by atoms with Crippen LogP contribution in [0.3, 0.4) is 0 Å². The molecule has 1 saturated heterocycles. The second-order valence-electron chi connectivity index (χ2n) is 9.87. The number of aryl methyl sites for hydroxylation is 2. The number of amides is 1. The van der Waals surface area contributed by atoms with Crippen molar-refractivity contribution in [1.29, 1.82) is 0 Å². The van der Waals surface area contributed by atoms with Crippen LogP contribution >= 0.6 is 0 Å². The van der Waals surface area contributed by atoms with Crippen LogP contribution in [0, 0.1) is 11.8 Å². The zero-order chi connectivity index (χ0) is 24.5. The van der Waals surface area contributed by atoms with E-state index in [1.54, 1.807) is 0 Å². The molecule has 2 aromatic carbocycles. The molecule has 0 aromatic heterocycles. The van der Waals surface area contributed by atoms with Crippen molar-refractivity contribution in [3.05, 3.63) is 70.9 Å². The Morgan fingerprint density at radius 3 is 2.66 bits per heavy atom. The first-order valence-corrected chi connectivity index (χ1v) is 13.3. The molecule has 2 unspecified atom stereocenters. The fourth-order valence-electron chi connectivity index (χ4n) is 4.99. The molecule has 1 amide bonds. The lowest BCUT2D eigenvalue weighted by Crippen LogP contribution is -2.21. The van der Waals surface area contributed by atoms with Crippen LogP contribution in [-0.2, 0) is 22.4 Å². The minimum absolute atomic E-state index is 0.233. The molecule has 2 N–H and O–H groups in total. The number of allylic oxidation sites excluding steroid dienone is 2. The van der Waals surface area contributed by atoms with Gasteiger partial charge in [-0.1, -0.05) is 44.2 Å². The van der Waals surface area contributed by atoms with E-state index in [1.807, 2.05) is 0 Å². The van der Waals surface area contributed by atoms with Crippen LogP contribution in [0.5, 0.6) is 5.75 Å². The zero-order valence-corrected chi connectivity index (χ0v) is 21.2. The standard InChI is InChI=1S/C30H40N2O3/c1-3-24-7-4-5-9-29(24)32-30(28-19-22(28)2)25(16-17-31-21-33)13-10-23-11-14-26(15-12-23)35-20-27-8-6-18-34-27/h4-5,7,9,11-12,14-15,21-22,25,27,32H,3,6,8,10,13,16-20H2,1-2H3,(H,31,33)/b30-28-/t22-,25?,27?/m0/s1. The van der Waals surface area contributed by atoms with E-state index >= 15 is 0 Å². The molecule has 0 bridgehead atoms. The van der Waals surface area contributed by atoms with Crippen molar-refractivity contribution >= 4 is 12.1 Å². The van der Waals surface area contributed by atoms with Gasteiger partial charge in [-0.25, -0.2) is 0 Å². The number of carbonyl (C=O) groups is 1. The maximum absolute atomic E-state index is 10.9. The zero-order valence-electron chi connectivity index (χ0n) is 21.2. The summed E-state index contributed by atoms with van der Waals surface area (Å²) in [4.78, 5) is 10.9. The molecule has 2 fully saturated rings. The van der Waals surface area contributed by atoms with Crippen molar-refractivity contribution in [2.75, 3.05) is 25.1 Å². The lowest BCUT2D eigenvalue weighted by molar-refractivity contribution is -0.109. The van der Waals surface area contributed by atoms with Gasteiger partial charge in [0, 0.05) is 30.5 Å². The topological polar surface area (TPSA) is 59.6 Å². The van der Waals surface area contributed by atoms with E-state index in [4.69, 9.17) is 9.47 Å².